The van der Waals surface area contributed by atoms with Gasteiger partial charge in [-0.1, -0.05) is 42.5 Å². The van der Waals surface area contributed by atoms with Gasteiger partial charge in [-0.15, -0.1) is 11.8 Å². The maximum atomic E-state index is 11.1. The van der Waals surface area contributed by atoms with Crippen LogP contribution in [0.15, 0.2) is 41.3 Å². The number of benzene rings is 2. The van der Waals surface area contributed by atoms with E-state index in [4.69, 9.17) is 4.55 Å². The summed E-state index contributed by atoms with van der Waals surface area (Å²) in [6, 6.07) is 12.5. The van der Waals surface area contributed by atoms with Crippen LogP contribution in [0.3, 0.4) is 0 Å². The molecule has 3 aromatic rings. The second-order valence-electron chi connectivity index (χ2n) is 6.03. The molecule has 0 fully saturated rings. The number of nitrogens with zero attached hydrogens (tertiary/aromatic N) is 1. The molecule has 0 atom stereocenters. The number of aryl methyl sites for hydroxylation is 1. The molecule has 26 heavy (non-hydrogen) atoms. The number of hydrogen-bond donors (Lipinski definition) is 1. The molecule has 138 valence electrons. The third-order valence-corrected chi connectivity index (χ3v) is 7.13. The van der Waals surface area contributed by atoms with Gasteiger partial charge in [0.15, 0.2) is 6.54 Å². The predicted octanol–water partition coefficient (Wildman–Crippen LogP) is 4.73. The van der Waals surface area contributed by atoms with Crippen LogP contribution >= 0.6 is 23.1 Å². The molecule has 1 aromatic heterocycles. The summed E-state index contributed by atoms with van der Waals surface area (Å²) < 4.78 is 34.7. The van der Waals surface area contributed by atoms with Crippen LogP contribution in [0.1, 0.15) is 24.8 Å². The van der Waals surface area contributed by atoms with Gasteiger partial charge >= 0.3 is 0 Å². The van der Waals surface area contributed by atoms with Crippen molar-refractivity contribution in [3.63, 3.8) is 0 Å². The van der Waals surface area contributed by atoms with Crippen molar-refractivity contribution in [1.82, 2.24) is 0 Å². The van der Waals surface area contributed by atoms with E-state index in [-0.39, 0.29) is 5.75 Å². The van der Waals surface area contributed by atoms with Gasteiger partial charge in [0.1, 0.15) is 4.70 Å². The van der Waals surface area contributed by atoms with Crippen molar-refractivity contribution in [1.29, 1.82) is 0 Å². The minimum Gasteiger partial charge on any atom is -0.286 e. The maximum Gasteiger partial charge on any atom is 0.265 e. The fraction of sp³-hybridized carbons (Fsp3) is 0.316. The summed E-state index contributed by atoms with van der Waals surface area (Å²) in [6.45, 7) is 2.68. The van der Waals surface area contributed by atoms with E-state index >= 15 is 0 Å². The summed E-state index contributed by atoms with van der Waals surface area (Å²) in [5.41, 5.74) is 1.13. The molecule has 1 heterocycles. The number of hydrogen-bond acceptors (Lipinski definition) is 4. The highest BCUT2D eigenvalue weighted by Gasteiger charge is 2.22. The number of allylic oxidation sites excluding steroid dienone is 1. The molecule has 3 rings (SSSR count). The first-order valence-electron chi connectivity index (χ1n) is 8.46. The van der Waals surface area contributed by atoms with Gasteiger partial charge in [0.25, 0.3) is 15.1 Å². The first kappa shape index (κ1) is 19.4. The van der Waals surface area contributed by atoms with E-state index in [1.54, 1.807) is 23.1 Å². The Morgan fingerprint density at radius 1 is 1.27 bits per heavy atom. The molecule has 0 amide bonds. The molecule has 0 radical (unpaired) electrons. The van der Waals surface area contributed by atoms with Crippen LogP contribution < -0.4 is 4.57 Å². The highest BCUT2D eigenvalue weighted by atomic mass is 32.2. The Hall–Kier alpha value is -1.41. The molecule has 2 aromatic carbocycles. The second kappa shape index (κ2) is 8.08. The minimum atomic E-state index is -3.95. The van der Waals surface area contributed by atoms with Crippen molar-refractivity contribution in [2.45, 2.75) is 26.3 Å². The van der Waals surface area contributed by atoms with E-state index in [1.165, 1.54) is 9.61 Å². The Labute approximate surface area is 162 Å². The van der Waals surface area contributed by atoms with Crippen LogP contribution in [0.4, 0.5) is 0 Å². The molecule has 0 bridgehead atoms. The maximum absolute atomic E-state index is 11.1. The number of aromatic nitrogens is 1. The molecule has 7 heteroatoms. The van der Waals surface area contributed by atoms with E-state index < -0.39 is 10.1 Å². The number of thioether (sulfide) groups is 1. The third-order valence-electron chi connectivity index (χ3n) is 4.29. The molecule has 0 spiro atoms. The molecule has 4 nitrogen and oxygen atoms in total. The van der Waals surface area contributed by atoms with Crippen molar-refractivity contribution in [3.8, 4) is 0 Å². The lowest BCUT2D eigenvalue weighted by Gasteiger charge is -2.01. The Morgan fingerprint density at radius 3 is 2.73 bits per heavy atom. The van der Waals surface area contributed by atoms with Crippen LogP contribution in [0.25, 0.3) is 27.1 Å². The molecule has 0 saturated carbocycles. The van der Waals surface area contributed by atoms with Gasteiger partial charge in [0.2, 0.25) is 5.52 Å². The Balaban J connectivity index is 2.17. The smallest absolute Gasteiger partial charge is 0.265 e. The first-order valence-corrected chi connectivity index (χ1v) is 12.1. The average molecular weight is 409 g/mol. The van der Waals surface area contributed by atoms with Gasteiger partial charge < -0.3 is 0 Å². The van der Waals surface area contributed by atoms with Gasteiger partial charge in [-0.05, 0) is 35.1 Å². The lowest BCUT2D eigenvalue weighted by Crippen LogP contribution is -2.36. The fourth-order valence-electron chi connectivity index (χ4n) is 3.05. The molecule has 0 unspecified atom stereocenters. The first-order chi connectivity index (χ1) is 12.4. The lowest BCUT2D eigenvalue weighted by atomic mass is 10.1. The largest absolute Gasteiger partial charge is 0.286 e. The van der Waals surface area contributed by atoms with Crippen molar-refractivity contribution in [3.05, 3.63) is 46.3 Å². The Bertz CT molecular complexity index is 1060. The Morgan fingerprint density at radius 2 is 2.04 bits per heavy atom. The third kappa shape index (κ3) is 4.28. The van der Waals surface area contributed by atoms with E-state index in [0.29, 0.717) is 13.0 Å². The van der Waals surface area contributed by atoms with Crippen molar-refractivity contribution in [2.75, 3.05) is 12.0 Å². The van der Waals surface area contributed by atoms with Crippen molar-refractivity contribution >= 4 is 60.3 Å². The minimum absolute atomic E-state index is 0.228. The van der Waals surface area contributed by atoms with Crippen molar-refractivity contribution < 1.29 is 17.5 Å². The van der Waals surface area contributed by atoms with Crippen LogP contribution in [-0.4, -0.2) is 25.0 Å². The van der Waals surface area contributed by atoms with Gasteiger partial charge in [-0.25, -0.2) is 0 Å². The van der Waals surface area contributed by atoms with Crippen LogP contribution in [-0.2, 0) is 16.7 Å². The summed E-state index contributed by atoms with van der Waals surface area (Å²) in [5.74, 6) is -0.228. The second-order valence-corrected chi connectivity index (χ2v) is 9.60. The summed E-state index contributed by atoms with van der Waals surface area (Å²) in [4.78, 5) is 1.28. The molecule has 0 aliphatic heterocycles. The quantitative estimate of drug-likeness (QED) is 0.453. The summed E-state index contributed by atoms with van der Waals surface area (Å²) in [7, 11) is -3.95. The summed E-state index contributed by atoms with van der Waals surface area (Å²) in [5, 5.41) is 3.44. The van der Waals surface area contributed by atoms with Crippen LogP contribution in [0.2, 0.25) is 0 Å². The normalized spacial score (nSPS) is 13.0. The van der Waals surface area contributed by atoms with Crippen LogP contribution in [0.5, 0.6) is 0 Å². The predicted molar refractivity (Wildman–Crippen MR) is 112 cm³/mol. The highest BCUT2D eigenvalue weighted by Crippen LogP contribution is 2.30. The van der Waals surface area contributed by atoms with E-state index in [0.717, 1.165) is 27.7 Å². The summed E-state index contributed by atoms with van der Waals surface area (Å²) >= 11 is 3.45. The van der Waals surface area contributed by atoms with E-state index in [2.05, 4.69) is 48.1 Å². The monoisotopic (exact) mass is 408 g/mol. The fourth-order valence-corrected chi connectivity index (χ4v) is 5.31. The molecule has 0 aliphatic carbocycles. The Kier molecular flexibility index (Phi) is 6.02. The molecular weight excluding hydrogens is 386 g/mol. The number of thiazole rings is 1. The van der Waals surface area contributed by atoms with Gasteiger partial charge in [-0.3, -0.25) is 4.55 Å². The molecule has 1 N–H and O–H groups in total. The topological polar surface area (TPSA) is 58.2 Å². The molecule has 0 saturated heterocycles. The highest BCUT2D eigenvalue weighted by molar-refractivity contribution is 8.02. The number of fused-ring (bicyclic) bond motifs is 3. The van der Waals surface area contributed by atoms with Crippen LogP contribution in [0, 0.1) is 0 Å². The zero-order valence-electron chi connectivity index (χ0n) is 14.8. The van der Waals surface area contributed by atoms with Crippen molar-refractivity contribution in [2.24, 2.45) is 0 Å². The SMILES string of the molecule is CC/C(=C/c1sc2ccc3ccccc3c2[n+]1CCCS(=O)(=O)O)SC. The van der Waals surface area contributed by atoms with Gasteiger partial charge in [0, 0.05) is 12.5 Å². The zero-order chi connectivity index (χ0) is 18.7. The van der Waals surface area contributed by atoms with E-state index in [9.17, 15) is 8.42 Å². The van der Waals surface area contributed by atoms with E-state index in [1.807, 2.05) is 12.1 Å². The van der Waals surface area contributed by atoms with Gasteiger partial charge in [0.05, 0.1) is 11.1 Å². The van der Waals surface area contributed by atoms with Gasteiger partial charge in [-0.2, -0.15) is 13.0 Å². The lowest BCUT2D eigenvalue weighted by molar-refractivity contribution is -0.667. The number of rotatable bonds is 7. The molecule has 0 aliphatic rings. The standard InChI is InChI=1S/C19H21NO3S3/c1-3-15(24-2)13-18-20(11-6-12-26(21,22)23)19-16-8-5-4-7-14(16)9-10-17(19)25-18/h4-5,7-10,13H,3,6,11-12H2,1-2H3/p+1/b15-13-. The average Bonchev–Trinajstić information content (AvgIpc) is 2.96. The summed E-state index contributed by atoms with van der Waals surface area (Å²) in [6.07, 6.45) is 5.60. The molecular formula is C19H22NO3S3+. The zero-order valence-corrected chi connectivity index (χ0v) is 17.3.